The van der Waals surface area contributed by atoms with E-state index in [0.29, 0.717) is 44.7 Å². The molecule has 8 nitrogen and oxygen atoms in total. The van der Waals surface area contributed by atoms with Gasteiger partial charge in [-0.15, -0.1) is 0 Å². The Labute approximate surface area is 174 Å². The summed E-state index contributed by atoms with van der Waals surface area (Å²) in [5.41, 5.74) is 1.98. The van der Waals surface area contributed by atoms with Gasteiger partial charge in [0.15, 0.2) is 12.2 Å². The Morgan fingerprint density at radius 1 is 1.30 bits per heavy atom. The van der Waals surface area contributed by atoms with Gasteiger partial charge in [0.2, 0.25) is 0 Å². The SMILES string of the molecule is O=C(NCC[C@@H]1C[C@H](F)CN1)O[C@@H]1[C@@H](O)CN[C@@H]1Cc1ccc(-c2cnco2)cc1. The predicted molar refractivity (Wildman–Crippen MR) is 108 cm³/mol. The van der Waals surface area contributed by atoms with Gasteiger partial charge in [0.25, 0.3) is 0 Å². The number of carbonyl (C=O) groups excluding carboxylic acids is 1. The number of benzene rings is 1. The topological polar surface area (TPSA) is 109 Å². The summed E-state index contributed by atoms with van der Waals surface area (Å²) in [7, 11) is 0. The number of ether oxygens (including phenoxy) is 1. The van der Waals surface area contributed by atoms with E-state index in [-0.39, 0.29) is 12.1 Å². The van der Waals surface area contributed by atoms with E-state index in [1.807, 2.05) is 24.3 Å². The average Bonchev–Trinajstić information content (AvgIpc) is 3.48. The molecule has 2 aliphatic rings. The van der Waals surface area contributed by atoms with Crippen LogP contribution in [0.5, 0.6) is 0 Å². The lowest BCUT2D eigenvalue weighted by atomic mass is 10.00. The predicted octanol–water partition coefficient (Wildman–Crippen LogP) is 1.40. The summed E-state index contributed by atoms with van der Waals surface area (Å²) in [4.78, 5) is 16.1. The standard InChI is InChI=1S/C21H27FN4O4/c22-15-8-16(25-9-15)5-6-24-21(28)30-20-17(26-10-18(20)27)7-13-1-3-14(4-2-13)19-11-23-12-29-19/h1-4,11-12,15-18,20,25-27H,5-10H2,(H,24,28)/t15-,16+,17+,18-,20-/m0/s1. The number of amides is 1. The lowest BCUT2D eigenvalue weighted by Crippen LogP contribution is -2.42. The van der Waals surface area contributed by atoms with Gasteiger partial charge in [-0.25, -0.2) is 14.2 Å². The minimum absolute atomic E-state index is 0.0757. The van der Waals surface area contributed by atoms with Crippen molar-refractivity contribution >= 4 is 6.09 Å². The van der Waals surface area contributed by atoms with Gasteiger partial charge in [-0.05, 0) is 24.8 Å². The Bertz CT molecular complexity index is 817. The summed E-state index contributed by atoms with van der Waals surface area (Å²) in [6, 6.07) is 7.74. The van der Waals surface area contributed by atoms with Crippen LogP contribution >= 0.6 is 0 Å². The largest absolute Gasteiger partial charge is 0.444 e. The van der Waals surface area contributed by atoms with Gasteiger partial charge >= 0.3 is 6.09 Å². The van der Waals surface area contributed by atoms with Crippen molar-refractivity contribution in [2.45, 2.75) is 49.7 Å². The second-order valence-electron chi connectivity index (χ2n) is 7.87. The summed E-state index contributed by atoms with van der Waals surface area (Å²) < 4.78 is 24.0. The highest BCUT2D eigenvalue weighted by molar-refractivity contribution is 5.67. The van der Waals surface area contributed by atoms with Gasteiger partial charge in [-0.3, -0.25) is 0 Å². The number of hydrogen-bond donors (Lipinski definition) is 4. The molecular weight excluding hydrogens is 391 g/mol. The number of aliphatic hydroxyl groups is 1. The van der Waals surface area contributed by atoms with E-state index in [2.05, 4.69) is 20.9 Å². The molecule has 9 heteroatoms. The normalized spacial score (nSPS) is 28.5. The Kier molecular flexibility index (Phi) is 6.61. The molecule has 1 amide bonds. The Morgan fingerprint density at radius 3 is 2.83 bits per heavy atom. The third kappa shape index (κ3) is 5.16. The molecule has 2 aromatic rings. The fourth-order valence-electron chi connectivity index (χ4n) is 4.04. The number of nitrogens with zero attached hydrogens (tertiary/aromatic N) is 1. The summed E-state index contributed by atoms with van der Waals surface area (Å²) in [5, 5.41) is 19.2. The fourth-order valence-corrected chi connectivity index (χ4v) is 4.04. The van der Waals surface area contributed by atoms with Crippen LogP contribution in [0.15, 0.2) is 41.3 Å². The first-order chi connectivity index (χ1) is 14.6. The summed E-state index contributed by atoms with van der Waals surface area (Å²) in [6.45, 7) is 1.13. The van der Waals surface area contributed by atoms with Crippen molar-refractivity contribution in [3.05, 3.63) is 42.4 Å². The van der Waals surface area contributed by atoms with Crippen LogP contribution in [-0.2, 0) is 11.2 Å². The Hall–Kier alpha value is -2.49. The van der Waals surface area contributed by atoms with Crippen molar-refractivity contribution in [3.63, 3.8) is 0 Å². The highest BCUT2D eigenvalue weighted by Crippen LogP contribution is 2.22. The van der Waals surface area contributed by atoms with Gasteiger partial charge < -0.3 is 30.2 Å². The summed E-state index contributed by atoms with van der Waals surface area (Å²) >= 11 is 0. The molecule has 4 rings (SSSR count). The highest BCUT2D eigenvalue weighted by atomic mass is 19.1. The quantitative estimate of drug-likeness (QED) is 0.538. The van der Waals surface area contributed by atoms with Crippen molar-refractivity contribution in [1.82, 2.24) is 20.9 Å². The van der Waals surface area contributed by atoms with Crippen LogP contribution < -0.4 is 16.0 Å². The van der Waals surface area contributed by atoms with Crippen LogP contribution in [0, 0.1) is 0 Å². The Balaban J connectivity index is 1.26. The van der Waals surface area contributed by atoms with Gasteiger partial charge in [-0.2, -0.15) is 0 Å². The van der Waals surface area contributed by atoms with Crippen molar-refractivity contribution in [3.8, 4) is 11.3 Å². The first kappa shape index (κ1) is 20.8. The zero-order valence-corrected chi connectivity index (χ0v) is 16.6. The molecule has 0 spiro atoms. The Morgan fingerprint density at radius 2 is 2.13 bits per heavy atom. The van der Waals surface area contributed by atoms with Gasteiger partial charge in [0.05, 0.1) is 12.2 Å². The molecule has 0 aliphatic carbocycles. The first-order valence-electron chi connectivity index (χ1n) is 10.3. The average molecular weight is 418 g/mol. The number of nitrogens with one attached hydrogen (secondary N) is 3. The maximum absolute atomic E-state index is 13.2. The number of aliphatic hydroxyl groups excluding tert-OH is 1. The summed E-state index contributed by atoms with van der Waals surface area (Å²) in [5.74, 6) is 0.698. The van der Waals surface area contributed by atoms with Crippen molar-refractivity contribution in [2.24, 2.45) is 0 Å². The smallest absolute Gasteiger partial charge is 0.407 e. The van der Waals surface area contributed by atoms with E-state index < -0.39 is 24.5 Å². The number of halogens is 1. The van der Waals surface area contributed by atoms with Crippen LogP contribution in [0.25, 0.3) is 11.3 Å². The maximum Gasteiger partial charge on any atom is 0.407 e. The molecule has 5 atom stereocenters. The van der Waals surface area contributed by atoms with E-state index in [4.69, 9.17) is 9.15 Å². The molecule has 2 saturated heterocycles. The minimum atomic E-state index is -0.813. The van der Waals surface area contributed by atoms with E-state index in [9.17, 15) is 14.3 Å². The first-order valence-corrected chi connectivity index (χ1v) is 10.3. The van der Waals surface area contributed by atoms with Crippen molar-refractivity contribution in [1.29, 1.82) is 0 Å². The van der Waals surface area contributed by atoms with Crippen molar-refractivity contribution < 1.29 is 23.4 Å². The van der Waals surface area contributed by atoms with Crippen LogP contribution in [0.1, 0.15) is 18.4 Å². The molecule has 0 bridgehead atoms. The third-order valence-corrected chi connectivity index (χ3v) is 5.66. The molecule has 2 aliphatic heterocycles. The second-order valence-corrected chi connectivity index (χ2v) is 7.87. The van der Waals surface area contributed by atoms with E-state index in [1.54, 1.807) is 6.20 Å². The zero-order chi connectivity index (χ0) is 20.9. The lowest BCUT2D eigenvalue weighted by Gasteiger charge is -2.22. The van der Waals surface area contributed by atoms with Crippen LogP contribution in [0.2, 0.25) is 0 Å². The van der Waals surface area contributed by atoms with Crippen LogP contribution in [-0.4, -0.2) is 66.3 Å². The van der Waals surface area contributed by atoms with E-state index in [0.717, 1.165) is 11.1 Å². The summed E-state index contributed by atoms with van der Waals surface area (Å²) in [6.07, 6.45) is 1.98. The van der Waals surface area contributed by atoms with Crippen LogP contribution in [0.4, 0.5) is 9.18 Å². The number of alkyl halides is 1. The number of oxazole rings is 1. The lowest BCUT2D eigenvalue weighted by molar-refractivity contribution is 0.0189. The molecule has 3 heterocycles. The number of alkyl carbamates (subject to hydrolysis) is 1. The molecule has 0 unspecified atom stereocenters. The van der Waals surface area contributed by atoms with Gasteiger partial charge in [-0.1, -0.05) is 24.3 Å². The highest BCUT2D eigenvalue weighted by Gasteiger charge is 2.37. The molecule has 1 aromatic heterocycles. The molecule has 1 aromatic carbocycles. The fraction of sp³-hybridized carbons (Fsp3) is 0.524. The van der Waals surface area contributed by atoms with Gasteiger partial charge in [0, 0.05) is 31.2 Å². The van der Waals surface area contributed by atoms with E-state index in [1.165, 1.54) is 6.39 Å². The van der Waals surface area contributed by atoms with Crippen molar-refractivity contribution in [2.75, 3.05) is 19.6 Å². The number of carbonyl (C=O) groups is 1. The van der Waals surface area contributed by atoms with E-state index >= 15 is 0 Å². The molecule has 0 saturated carbocycles. The molecular formula is C21H27FN4O4. The monoisotopic (exact) mass is 418 g/mol. The van der Waals surface area contributed by atoms with Gasteiger partial charge in [0.1, 0.15) is 18.4 Å². The molecule has 0 radical (unpaired) electrons. The minimum Gasteiger partial charge on any atom is -0.444 e. The molecule has 4 N–H and O–H groups in total. The third-order valence-electron chi connectivity index (χ3n) is 5.66. The number of aromatic nitrogens is 1. The second kappa shape index (κ2) is 9.55. The number of hydrogen-bond acceptors (Lipinski definition) is 7. The zero-order valence-electron chi connectivity index (χ0n) is 16.6. The number of β-amino-alcohol motifs (C(OH)–C–C–N with tert-alkyl or cyclic N) is 1. The maximum atomic E-state index is 13.2. The molecule has 30 heavy (non-hydrogen) atoms. The molecule has 2 fully saturated rings. The van der Waals surface area contributed by atoms with Crippen LogP contribution in [0.3, 0.4) is 0 Å². The number of rotatable bonds is 7. The molecule has 162 valence electrons.